The van der Waals surface area contributed by atoms with E-state index in [1.54, 1.807) is 6.07 Å². The zero-order valence-corrected chi connectivity index (χ0v) is 13.0. The number of carbonyl (C=O) groups excluding carboxylic acids is 1. The molecule has 2 rings (SSSR count). The number of aryl methyl sites for hydroxylation is 1. The van der Waals surface area contributed by atoms with Crippen LogP contribution in [0.25, 0.3) is 0 Å². The number of aromatic nitrogens is 1. The fraction of sp³-hybridized carbons (Fsp3) is 0.625. The van der Waals surface area contributed by atoms with Gasteiger partial charge in [-0.2, -0.15) is 0 Å². The SMILES string of the molecule is CCCc1cc(C(=O)N2CCC(OCC)CC2)cc(N)n1. The predicted molar refractivity (Wildman–Crippen MR) is 83.2 cm³/mol. The first-order valence-corrected chi connectivity index (χ1v) is 7.81. The Morgan fingerprint density at radius 3 is 2.71 bits per heavy atom. The lowest BCUT2D eigenvalue weighted by molar-refractivity contribution is 0.0146. The van der Waals surface area contributed by atoms with Crippen LogP contribution in [0.1, 0.15) is 49.2 Å². The van der Waals surface area contributed by atoms with Crippen LogP contribution in [0.5, 0.6) is 0 Å². The summed E-state index contributed by atoms with van der Waals surface area (Å²) in [5.74, 6) is 0.477. The van der Waals surface area contributed by atoms with E-state index in [0.717, 1.165) is 51.1 Å². The molecule has 5 nitrogen and oxygen atoms in total. The average Bonchev–Trinajstić information content (AvgIpc) is 2.47. The van der Waals surface area contributed by atoms with E-state index >= 15 is 0 Å². The monoisotopic (exact) mass is 291 g/mol. The highest BCUT2D eigenvalue weighted by molar-refractivity contribution is 5.95. The van der Waals surface area contributed by atoms with Crippen LogP contribution < -0.4 is 5.73 Å². The number of likely N-dealkylation sites (tertiary alicyclic amines) is 1. The summed E-state index contributed by atoms with van der Waals surface area (Å²) in [4.78, 5) is 18.7. The van der Waals surface area contributed by atoms with Crippen LogP contribution >= 0.6 is 0 Å². The van der Waals surface area contributed by atoms with Gasteiger partial charge in [0.05, 0.1) is 6.10 Å². The molecule has 0 radical (unpaired) electrons. The Kier molecular flexibility index (Phi) is 5.56. The van der Waals surface area contributed by atoms with Crippen molar-refractivity contribution in [1.82, 2.24) is 9.88 Å². The number of nitrogens with zero attached hydrogens (tertiary/aromatic N) is 2. The van der Waals surface area contributed by atoms with Gasteiger partial charge in [0, 0.05) is 31.0 Å². The summed E-state index contributed by atoms with van der Waals surface area (Å²) in [6.45, 7) is 6.32. The summed E-state index contributed by atoms with van der Waals surface area (Å²) in [6.07, 6.45) is 3.93. The first kappa shape index (κ1) is 15.8. The highest BCUT2D eigenvalue weighted by atomic mass is 16.5. The van der Waals surface area contributed by atoms with Gasteiger partial charge in [0.1, 0.15) is 5.82 Å². The fourth-order valence-corrected chi connectivity index (χ4v) is 2.76. The van der Waals surface area contributed by atoms with Crippen LogP contribution in [-0.4, -0.2) is 41.6 Å². The molecular formula is C16H25N3O2. The van der Waals surface area contributed by atoms with Gasteiger partial charge >= 0.3 is 0 Å². The number of hydrogen-bond donors (Lipinski definition) is 1. The first-order valence-electron chi connectivity index (χ1n) is 7.81. The van der Waals surface area contributed by atoms with E-state index in [1.807, 2.05) is 17.9 Å². The zero-order chi connectivity index (χ0) is 15.2. The maximum Gasteiger partial charge on any atom is 0.254 e. The molecule has 0 saturated carbocycles. The van der Waals surface area contributed by atoms with Crippen molar-refractivity contribution in [3.8, 4) is 0 Å². The normalized spacial score (nSPS) is 16.2. The van der Waals surface area contributed by atoms with Crippen LogP contribution in [0.2, 0.25) is 0 Å². The molecule has 1 aromatic rings. The number of ether oxygens (including phenoxy) is 1. The van der Waals surface area contributed by atoms with Gasteiger partial charge in [0.15, 0.2) is 0 Å². The molecule has 5 heteroatoms. The third kappa shape index (κ3) is 4.17. The highest BCUT2D eigenvalue weighted by Gasteiger charge is 2.24. The third-order valence-electron chi connectivity index (χ3n) is 3.78. The van der Waals surface area contributed by atoms with E-state index < -0.39 is 0 Å². The van der Waals surface area contributed by atoms with Crippen molar-refractivity contribution in [2.45, 2.75) is 45.6 Å². The molecule has 0 atom stereocenters. The van der Waals surface area contributed by atoms with Gasteiger partial charge in [-0.15, -0.1) is 0 Å². The number of nitrogen functional groups attached to an aromatic ring is 1. The molecule has 116 valence electrons. The molecule has 1 fully saturated rings. The summed E-state index contributed by atoms with van der Waals surface area (Å²) in [7, 11) is 0. The third-order valence-corrected chi connectivity index (χ3v) is 3.78. The van der Waals surface area contributed by atoms with Crippen LogP contribution in [0.4, 0.5) is 5.82 Å². The molecule has 1 aliphatic rings. The predicted octanol–water partition coefficient (Wildman–Crippen LogP) is 2.26. The molecule has 1 saturated heterocycles. The van der Waals surface area contributed by atoms with Gasteiger partial charge in [-0.05, 0) is 38.3 Å². The van der Waals surface area contributed by atoms with E-state index in [4.69, 9.17) is 10.5 Å². The molecule has 1 aromatic heterocycles. The maximum absolute atomic E-state index is 12.6. The number of nitrogens with two attached hydrogens (primary N) is 1. The van der Waals surface area contributed by atoms with Gasteiger partial charge in [-0.1, -0.05) is 13.3 Å². The molecular weight excluding hydrogens is 266 g/mol. The van der Waals surface area contributed by atoms with Crippen molar-refractivity contribution in [2.75, 3.05) is 25.4 Å². The molecule has 0 aliphatic carbocycles. The topological polar surface area (TPSA) is 68.5 Å². The second kappa shape index (κ2) is 7.41. The van der Waals surface area contributed by atoms with Gasteiger partial charge in [-0.3, -0.25) is 4.79 Å². The maximum atomic E-state index is 12.6. The van der Waals surface area contributed by atoms with Crippen LogP contribution in [0.3, 0.4) is 0 Å². The summed E-state index contributed by atoms with van der Waals surface area (Å²) in [5.41, 5.74) is 7.36. The Hall–Kier alpha value is -1.62. The summed E-state index contributed by atoms with van der Waals surface area (Å²) < 4.78 is 5.62. The number of carbonyl (C=O) groups is 1. The first-order chi connectivity index (χ1) is 10.1. The minimum Gasteiger partial charge on any atom is -0.384 e. The Bertz CT molecular complexity index is 482. The Balaban J connectivity index is 2.03. The Morgan fingerprint density at radius 2 is 2.10 bits per heavy atom. The zero-order valence-electron chi connectivity index (χ0n) is 13.0. The molecule has 0 bridgehead atoms. The van der Waals surface area contributed by atoms with Crippen molar-refractivity contribution in [3.05, 3.63) is 23.4 Å². The minimum atomic E-state index is 0.0522. The molecule has 1 amide bonds. The van der Waals surface area contributed by atoms with Gasteiger partial charge in [0.2, 0.25) is 0 Å². The molecule has 0 spiro atoms. The smallest absolute Gasteiger partial charge is 0.254 e. The van der Waals surface area contributed by atoms with E-state index in [1.165, 1.54) is 0 Å². The second-order valence-electron chi connectivity index (χ2n) is 5.47. The number of amides is 1. The molecule has 0 aromatic carbocycles. The summed E-state index contributed by atoms with van der Waals surface area (Å²) in [5, 5.41) is 0. The van der Waals surface area contributed by atoms with E-state index in [2.05, 4.69) is 11.9 Å². The standard InChI is InChI=1S/C16H25N3O2/c1-3-5-13-10-12(11-15(17)18-13)16(20)19-8-6-14(7-9-19)21-4-2/h10-11,14H,3-9H2,1-2H3,(H2,17,18). The van der Waals surface area contributed by atoms with Crippen molar-refractivity contribution in [1.29, 1.82) is 0 Å². The Labute approximate surface area is 126 Å². The van der Waals surface area contributed by atoms with Gasteiger partial charge in [0.25, 0.3) is 5.91 Å². The van der Waals surface area contributed by atoms with Crippen LogP contribution in [0, 0.1) is 0 Å². The number of pyridine rings is 1. The van der Waals surface area contributed by atoms with Gasteiger partial charge in [-0.25, -0.2) is 4.98 Å². The van der Waals surface area contributed by atoms with Crippen LogP contribution in [-0.2, 0) is 11.2 Å². The number of piperidine rings is 1. The minimum absolute atomic E-state index is 0.0522. The highest BCUT2D eigenvalue weighted by Crippen LogP contribution is 2.18. The fourth-order valence-electron chi connectivity index (χ4n) is 2.76. The van der Waals surface area contributed by atoms with E-state index in [-0.39, 0.29) is 12.0 Å². The van der Waals surface area contributed by atoms with Crippen LogP contribution in [0.15, 0.2) is 12.1 Å². The van der Waals surface area contributed by atoms with Crippen molar-refractivity contribution < 1.29 is 9.53 Å². The molecule has 2 N–H and O–H groups in total. The van der Waals surface area contributed by atoms with Crippen molar-refractivity contribution >= 4 is 11.7 Å². The molecule has 2 heterocycles. The molecule has 21 heavy (non-hydrogen) atoms. The lowest BCUT2D eigenvalue weighted by atomic mass is 10.1. The van der Waals surface area contributed by atoms with Gasteiger partial charge < -0.3 is 15.4 Å². The lowest BCUT2D eigenvalue weighted by Gasteiger charge is -2.31. The molecule has 1 aliphatic heterocycles. The van der Waals surface area contributed by atoms with E-state index in [0.29, 0.717) is 11.4 Å². The summed E-state index contributed by atoms with van der Waals surface area (Å²) in [6, 6.07) is 3.55. The number of anilines is 1. The van der Waals surface area contributed by atoms with Crippen molar-refractivity contribution in [3.63, 3.8) is 0 Å². The number of hydrogen-bond acceptors (Lipinski definition) is 4. The lowest BCUT2D eigenvalue weighted by Crippen LogP contribution is -2.41. The Morgan fingerprint density at radius 1 is 1.38 bits per heavy atom. The number of rotatable bonds is 5. The quantitative estimate of drug-likeness (QED) is 0.903. The van der Waals surface area contributed by atoms with E-state index in [9.17, 15) is 4.79 Å². The largest absolute Gasteiger partial charge is 0.384 e. The summed E-state index contributed by atoms with van der Waals surface area (Å²) >= 11 is 0. The second-order valence-corrected chi connectivity index (χ2v) is 5.47. The average molecular weight is 291 g/mol. The van der Waals surface area contributed by atoms with Crippen molar-refractivity contribution in [2.24, 2.45) is 0 Å². The molecule has 0 unspecified atom stereocenters.